The predicted molar refractivity (Wildman–Crippen MR) is 60.2 cm³/mol. The summed E-state index contributed by atoms with van der Waals surface area (Å²) in [5.74, 6) is 0.892. The van der Waals surface area contributed by atoms with Crippen molar-refractivity contribution in [3.8, 4) is 0 Å². The topological polar surface area (TPSA) is 29.3 Å². The fraction of sp³-hybridized carbons (Fsp3) is 1.00. The van der Waals surface area contributed by atoms with Gasteiger partial charge >= 0.3 is 0 Å². The fourth-order valence-corrected chi connectivity index (χ4v) is 3.34. The lowest BCUT2D eigenvalue weighted by molar-refractivity contribution is 0.139. The van der Waals surface area contributed by atoms with Crippen molar-refractivity contribution in [3.05, 3.63) is 0 Å². The van der Waals surface area contributed by atoms with Gasteiger partial charge in [0.2, 0.25) is 0 Å². The van der Waals surface area contributed by atoms with Gasteiger partial charge in [0.1, 0.15) is 0 Å². The van der Waals surface area contributed by atoms with Crippen LogP contribution in [0.3, 0.4) is 0 Å². The molecule has 4 unspecified atom stereocenters. The maximum atomic E-state index is 6.05. The van der Waals surface area contributed by atoms with E-state index in [-0.39, 0.29) is 0 Å². The van der Waals surface area contributed by atoms with Crippen LogP contribution in [0.15, 0.2) is 0 Å². The van der Waals surface area contributed by atoms with Crippen LogP contribution >= 0.6 is 0 Å². The molecule has 2 N–H and O–H groups in total. The summed E-state index contributed by atoms with van der Waals surface area (Å²) in [7, 11) is 0. The maximum absolute atomic E-state index is 6.05. The summed E-state index contributed by atoms with van der Waals surface area (Å²) in [6, 6.07) is 2.05. The summed E-state index contributed by atoms with van der Waals surface area (Å²) in [4.78, 5) is 2.71. The Hall–Kier alpha value is -0.0800. The van der Waals surface area contributed by atoms with E-state index in [0.29, 0.717) is 6.04 Å². The van der Waals surface area contributed by atoms with Gasteiger partial charge in [-0.25, -0.2) is 0 Å². The van der Waals surface area contributed by atoms with Gasteiger partial charge in [0.25, 0.3) is 0 Å². The highest BCUT2D eigenvalue weighted by molar-refractivity contribution is 4.89. The molecule has 2 fully saturated rings. The second-order valence-electron chi connectivity index (χ2n) is 5.47. The van der Waals surface area contributed by atoms with Crippen LogP contribution in [0.4, 0.5) is 0 Å². The summed E-state index contributed by atoms with van der Waals surface area (Å²) in [5, 5.41) is 0. The highest BCUT2D eigenvalue weighted by Crippen LogP contribution is 2.30. The van der Waals surface area contributed by atoms with E-state index in [9.17, 15) is 0 Å². The number of hydrogen-bond donors (Lipinski definition) is 1. The van der Waals surface area contributed by atoms with Crippen LogP contribution in [0.1, 0.15) is 46.0 Å². The Morgan fingerprint density at radius 1 is 1.14 bits per heavy atom. The third-order valence-electron chi connectivity index (χ3n) is 3.99. The summed E-state index contributed by atoms with van der Waals surface area (Å²) in [5.41, 5.74) is 6.05. The molecule has 0 radical (unpaired) electrons. The molecule has 1 heterocycles. The SMILES string of the molecule is CC1CC(C)N(C2CCCC(N)C2)C1. The van der Waals surface area contributed by atoms with Gasteiger partial charge in [-0.2, -0.15) is 0 Å². The average Bonchev–Trinajstić information content (AvgIpc) is 2.45. The highest BCUT2D eigenvalue weighted by Gasteiger charge is 2.33. The number of nitrogens with zero attached hydrogens (tertiary/aromatic N) is 1. The molecule has 2 aliphatic rings. The van der Waals surface area contributed by atoms with Crippen molar-refractivity contribution >= 4 is 0 Å². The van der Waals surface area contributed by atoms with Gasteiger partial charge in [0.05, 0.1) is 0 Å². The number of nitrogens with two attached hydrogens (primary N) is 1. The molecule has 1 saturated heterocycles. The van der Waals surface area contributed by atoms with Crippen LogP contribution in [0.25, 0.3) is 0 Å². The molecule has 0 spiro atoms. The summed E-state index contributed by atoms with van der Waals surface area (Å²) in [6.07, 6.45) is 6.57. The third kappa shape index (κ3) is 2.12. The molecular weight excluding hydrogens is 172 g/mol. The monoisotopic (exact) mass is 196 g/mol. The molecule has 2 rings (SSSR count). The minimum absolute atomic E-state index is 0.469. The minimum atomic E-state index is 0.469. The molecule has 1 aliphatic heterocycles. The van der Waals surface area contributed by atoms with Crippen molar-refractivity contribution in [3.63, 3.8) is 0 Å². The maximum Gasteiger partial charge on any atom is 0.0113 e. The van der Waals surface area contributed by atoms with Crippen LogP contribution in [0.2, 0.25) is 0 Å². The Balaban J connectivity index is 1.93. The van der Waals surface area contributed by atoms with Crippen LogP contribution in [0, 0.1) is 5.92 Å². The van der Waals surface area contributed by atoms with Gasteiger partial charge in [-0.05, 0) is 38.5 Å². The van der Waals surface area contributed by atoms with E-state index in [4.69, 9.17) is 5.73 Å². The van der Waals surface area contributed by atoms with Crippen molar-refractivity contribution in [1.29, 1.82) is 0 Å². The molecule has 0 aromatic heterocycles. The molecule has 0 amide bonds. The van der Waals surface area contributed by atoms with Crippen molar-refractivity contribution < 1.29 is 0 Å². The Morgan fingerprint density at radius 2 is 1.93 bits per heavy atom. The van der Waals surface area contributed by atoms with Gasteiger partial charge in [-0.3, -0.25) is 4.90 Å². The molecule has 82 valence electrons. The Kier molecular flexibility index (Phi) is 3.13. The fourth-order valence-electron chi connectivity index (χ4n) is 3.34. The molecule has 2 heteroatoms. The molecular formula is C12H24N2. The summed E-state index contributed by atoms with van der Waals surface area (Å²) in [6.45, 7) is 6.06. The van der Waals surface area contributed by atoms with Crippen LogP contribution < -0.4 is 5.73 Å². The second kappa shape index (κ2) is 4.19. The second-order valence-corrected chi connectivity index (χ2v) is 5.47. The molecule has 0 bridgehead atoms. The van der Waals surface area contributed by atoms with Crippen LogP contribution in [0.5, 0.6) is 0 Å². The summed E-state index contributed by atoms with van der Waals surface area (Å²) >= 11 is 0. The Labute approximate surface area is 87.8 Å². The first-order valence-electron chi connectivity index (χ1n) is 6.18. The molecule has 4 atom stereocenters. The lowest BCUT2D eigenvalue weighted by atomic mass is 9.90. The first-order valence-corrected chi connectivity index (χ1v) is 6.18. The standard InChI is InChI=1S/C12H24N2/c1-9-6-10(2)14(8-9)12-5-3-4-11(13)7-12/h9-12H,3-8,13H2,1-2H3. The lowest BCUT2D eigenvalue weighted by Gasteiger charge is -2.36. The predicted octanol–water partition coefficient (Wildman–Crippen LogP) is 1.99. The van der Waals surface area contributed by atoms with Crippen molar-refractivity contribution in [2.24, 2.45) is 11.7 Å². The molecule has 14 heavy (non-hydrogen) atoms. The largest absolute Gasteiger partial charge is 0.328 e. The van der Waals surface area contributed by atoms with E-state index < -0.39 is 0 Å². The first-order chi connectivity index (χ1) is 6.66. The highest BCUT2D eigenvalue weighted by atomic mass is 15.2. The van der Waals surface area contributed by atoms with Gasteiger partial charge in [0.15, 0.2) is 0 Å². The van der Waals surface area contributed by atoms with Gasteiger partial charge in [-0.15, -0.1) is 0 Å². The third-order valence-corrected chi connectivity index (χ3v) is 3.99. The normalized spacial score (nSPS) is 45.6. The zero-order valence-electron chi connectivity index (χ0n) is 9.58. The number of rotatable bonds is 1. The lowest BCUT2D eigenvalue weighted by Crippen LogP contribution is -2.44. The smallest absolute Gasteiger partial charge is 0.0113 e. The van der Waals surface area contributed by atoms with Gasteiger partial charge in [-0.1, -0.05) is 13.3 Å². The van der Waals surface area contributed by atoms with Crippen LogP contribution in [-0.2, 0) is 0 Å². The van der Waals surface area contributed by atoms with Crippen molar-refractivity contribution in [2.45, 2.75) is 64.1 Å². The molecule has 1 aliphatic carbocycles. The van der Waals surface area contributed by atoms with E-state index >= 15 is 0 Å². The molecule has 1 saturated carbocycles. The zero-order valence-corrected chi connectivity index (χ0v) is 9.58. The first kappa shape index (κ1) is 10.4. The van der Waals surface area contributed by atoms with E-state index in [1.165, 1.54) is 38.6 Å². The molecule has 2 nitrogen and oxygen atoms in total. The molecule has 0 aromatic carbocycles. The van der Waals surface area contributed by atoms with E-state index in [0.717, 1.165) is 18.0 Å². The zero-order chi connectivity index (χ0) is 10.1. The van der Waals surface area contributed by atoms with Gasteiger partial charge in [0, 0.05) is 24.7 Å². The average molecular weight is 196 g/mol. The van der Waals surface area contributed by atoms with E-state index in [2.05, 4.69) is 18.7 Å². The van der Waals surface area contributed by atoms with Gasteiger partial charge < -0.3 is 5.73 Å². The number of hydrogen-bond acceptors (Lipinski definition) is 2. The van der Waals surface area contributed by atoms with E-state index in [1.807, 2.05) is 0 Å². The van der Waals surface area contributed by atoms with Crippen molar-refractivity contribution in [1.82, 2.24) is 4.90 Å². The van der Waals surface area contributed by atoms with E-state index in [1.54, 1.807) is 0 Å². The summed E-state index contributed by atoms with van der Waals surface area (Å²) < 4.78 is 0. The molecule has 0 aromatic rings. The Bertz CT molecular complexity index is 193. The minimum Gasteiger partial charge on any atom is -0.328 e. The van der Waals surface area contributed by atoms with Crippen molar-refractivity contribution in [2.75, 3.05) is 6.54 Å². The quantitative estimate of drug-likeness (QED) is 0.695. The Morgan fingerprint density at radius 3 is 2.50 bits per heavy atom. The van der Waals surface area contributed by atoms with Crippen LogP contribution in [-0.4, -0.2) is 29.6 Å². The number of likely N-dealkylation sites (tertiary alicyclic amines) is 1.